The average molecular weight is 223 g/mol. The van der Waals surface area contributed by atoms with Crippen LogP contribution in [0.5, 0.6) is 0 Å². The lowest BCUT2D eigenvalue weighted by molar-refractivity contribution is 0.111. The van der Waals surface area contributed by atoms with E-state index in [1.807, 2.05) is 0 Å². The van der Waals surface area contributed by atoms with E-state index in [-0.39, 0.29) is 0 Å². The molecule has 2 aliphatic heterocycles. The number of nitrogens with one attached hydrogen (secondary N) is 1. The quantitative estimate of drug-likeness (QED) is 0.792. The van der Waals surface area contributed by atoms with Crippen LogP contribution in [-0.4, -0.2) is 36.9 Å². The molecule has 0 aromatic carbocycles. The first-order valence-corrected chi connectivity index (χ1v) is 6.70. The van der Waals surface area contributed by atoms with E-state index in [1.165, 1.54) is 25.9 Å². The van der Waals surface area contributed by atoms with Crippen LogP contribution in [0.2, 0.25) is 0 Å². The van der Waals surface area contributed by atoms with Crippen LogP contribution in [-0.2, 0) is 0 Å². The zero-order valence-corrected chi connectivity index (χ0v) is 10.8. The topological polar surface area (TPSA) is 27.6 Å². The number of piperidine rings is 1. The molecule has 0 aromatic rings. The summed E-state index contributed by atoms with van der Waals surface area (Å²) in [6, 6.07) is 0.657. The van der Waals surface area contributed by atoms with Crippen molar-refractivity contribution >= 4 is 6.21 Å². The summed E-state index contributed by atoms with van der Waals surface area (Å²) >= 11 is 0. The molecule has 3 heteroatoms. The second-order valence-electron chi connectivity index (χ2n) is 5.72. The van der Waals surface area contributed by atoms with E-state index >= 15 is 0 Å². The van der Waals surface area contributed by atoms with Crippen molar-refractivity contribution in [2.24, 2.45) is 22.9 Å². The fourth-order valence-electron chi connectivity index (χ4n) is 3.03. The number of hydrazone groups is 1. The van der Waals surface area contributed by atoms with Crippen LogP contribution in [0, 0.1) is 17.8 Å². The van der Waals surface area contributed by atoms with Crippen LogP contribution in [0.25, 0.3) is 0 Å². The molecule has 92 valence electrons. The average Bonchev–Trinajstić information content (AvgIpc) is 2.60. The van der Waals surface area contributed by atoms with E-state index in [9.17, 15) is 0 Å². The van der Waals surface area contributed by atoms with Gasteiger partial charge in [-0.15, -0.1) is 0 Å². The molecule has 2 heterocycles. The normalized spacial score (nSPS) is 31.6. The van der Waals surface area contributed by atoms with Gasteiger partial charge >= 0.3 is 0 Å². The Balaban J connectivity index is 1.98. The molecule has 1 fully saturated rings. The van der Waals surface area contributed by atoms with Gasteiger partial charge in [0.2, 0.25) is 0 Å². The molecular formula is C13H25N3. The third-order valence-electron chi connectivity index (χ3n) is 3.75. The third kappa shape index (κ3) is 2.57. The van der Waals surface area contributed by atoms with E-state index in [0.717, 1.165) is 12.5 Å². The van der Waals surface area contributed by atoms with Gasteiger partial charge in [0.1, 0.15) is 0 Å². The van der Waals surface area contributed by atoms with Gasteiger partial charge in [0.15, 0.2) is 0 Å². The van der Waals surface area contributed by atoms with Gasteiger partial charge in [0.05, 0.1) is 6.04 Å². The third-order valence-corrected chi connectivity index (χ3v) is 3.75. The predicted octanol–water partition coefficient (Wildman–Crippen LogP) is 1.95. The Morgan fingerprint density at radius 1 is 1.38 bits per heavy atom. The highest BCUT2D eigenvalue weighted by molar-refractivity contribution is 5.63. The highest BCUT2D eigenvalue weighted by Crippen LogP contribution is 2.30. The second-order valence-corrected chi connectivity index (χ2v) is 5.72. The van der Waals surface area contributed by atoms with Gasteiger partial charge in [0, 0.05) is 18.7 Å². The van der Waals surface area contributed by atoms with Gasteiger partial charge in [0.25, 0.3) is 0 Å². The second kappa shape index (κ2) is 5.17. The molecule has 2 rings (SSSR count). The zero-order valence-electron chi connectivity index (χ0n) is 10.8. The molecule has 1 saturated heterocycles. The minimum absolute atomic E-state index is 0.627. The fourth-order valence-corrected chi connectivity index (χ4v) is 3.03. The van der Waals surface area contributed by atoms with Gasteiger partial charge in [-0.2, -0.15) is 5.10 Å². The summed E-state index contributed by atoms with van der Waals surface area (Å²) < 4.78 is 0. The van der Waals surface area contributed by atoms with E-state index in [1.54, 1.807) is 0 Å². The van der Waals surface area contributed by atoms with E-state index in [0.29, 0.717) is 17.9 Å². The van der Waals surface area contributed by atoms with Crippen molar-refractivity contribution in [3.05, 3.63) is 0 Å². The summed E-state index contributed by atoms with van der Waals surface area (Å²) in [6.45, 7) is 10.3. The molecule has 0 saturated carbocycles. The summed E-state index contributed by atoms with van der Waals surface area (Å²) in [4.78, 5) is 0. The molecule has 0 aliphatic carbocycles. The molecular weight excluding hydrogens is 198 g/mol. The Morgan fingerprint density at radius 3 is 2.69 bits per heavy atom. The van der Waals surface area contributed by atoms with Crippen molar-refractivity contribution in [1.29, 1.82) is 0 Å². The Morgan fingerprint density at radius 2 is 2.06 bits per heavy atom. The van der Waals surface area contributed by atoms with Crippen LogP contribution in [0.4, 0.5) is 0 Å². The Bertz CT molecular complexity index is 244. The SMILES string of the molecule is CC(C)CN1N=CC(C)C1C1CCNCC1. The van der Waals surface area contributed by atoms with Crippen molar-refractivity contribution in [2.45, 2.75) is 39.7 Å². The first-order valence-electron chi connectivity index (χ1n) is 6.70. The first kappa shape index (κ1) is 11.9. The maximum atomic E-state index is 4.60. The number of nitrogens with zero attached hydrogens (tertiary/aromatic N) is 2. The Labute approximate surface area is 99.3 Å². The van der Waals surface area contributed by atoms with Crippen LogP contribution in [0.1, 0.15) is 33.6 Å². The van der Waals surface area contributed by atoms with Gasteiger partial charge in [-0.3, -0.25) is 5.01 Å². The molecule has 0 radical (unpaired) electrons. The fraction of sp³-hybridized carbons (Fsp3) is 0.923. The largest absolute Gasteiger partial charge is 0.317 e. The molecule has 2 unspecified atom stereocenters. The summed E-state index contributed by atoms with van der Waals surface area (Å²) in [7, 11) is 0. The number of hydrogen-bond acceptors (Lipinski definition) is 3. The lowest BCUT2D eigenvalue weighted by atomic mass is 9.84. The molecule has 0 bridgehead atoms. The van der Waals surface area contributed by atoms with Crippen molar-refractivity contribution in [3.8, 4) is 0 Å². The molecule has 3 nitrogen and oxygen atoms in total. The Kier molecular flexibility index (Phi) is 3.85. The monoisotopic (exact) mass is 223 g/mol. The molecule has 2 atom stereocenters. The van der Waals surface area contributed by atoms with Crippen LogP contribution >= 0.6 is 0 Å². The van der Waals surface area contributed by atoms with Gasteiger partial charge < -0.3 is 5.32 Å². The summed E-state index contributed by atoms with van der Waals surface area (Å²) in [6.07, 6.45) is 4.77. The maximum Gasteiger partial charge on any atom is 0.0575 e. The van der Waals surface area contributed by atoms with Gasteiger partial charge in [-0.1, -0.05) is 20.8 Å². The van der Waals surface area contributed by atoms with Crippen LogP contribution in [0.15, 0.2) is 5.10 Å². The Hall–Kier alpha value is -0.570. The number of hydrogen-bond donors (Lipinski definition) is 1. The van der Waals surface area contributed by atoms with Crippen LogP contribution < -0.4 is 5.32 Å². The smallest absolute Gasteiger partial charge is 0.0575 e. The summed E-state index contributed by atoms with van der Waals surface area (Å²) in [5, 5.41) is 10.4. The highest BCUT2D eigenvalue weighted by atomic mass is 15.5. The first-order chi connectivity index (χ1) is 7.68. The van der Waals surface area contributed by atoms with Gasteiger partial charge in [-0.25, -0.2) is 0 Å². The van der Waals surface area contributed by atoms with Crippen molar-refractivity contribution in [3.63, 3.8) is 0 Å². The van der Waals surface area contributed by atoms with Crippen molar-refractivity contribution < 1.29 is 0 Å². The lowest BCUT2D eigenvalue weighted by Crippen LogP contribution is -2.44. The van der Waals surface area contributed by atoms with Crippen molar-refractivity contribution in [1.82, 2.24) is 10.3 Å². The van der Waals surface area contributed by atoms with Crippen LogP contribution in [0.3, 0.4) is 0 Å². The lowest BCUT2D eigenvalue weighted by Gasteiger charge is -2.36. The van der Waals surface area contributed by atoms with E-state index in [4.69, 9.17) is 0 Å². The summed E-state index contributed by atoms with van der Waals surface area (Å²) in [5.41, 5.74) is 0. The highest BCUT2D eigenvalue weighted by Gasteiger charge is 2.35. The molecule has 0 spiro atoms. The molecule has 1 N–H and O–H groups in total. The predicted molar refractivity (Wildman–Crippen MR) is 68.6 cm³/mol. The number of rotatable bonds is 3. The minimum Gasteiger partial charge on any atom is -0.317 e. The molecule has 2 aliphatic rings. The summed E-state index contributed by atoms with van der Waals surface area (Å²) in [5.74, 6) is 2.16. The van der Waals surface area contributed by atoms with E-state index in [2.05, 4.69) is 42.4 Å². The van der Waals surface area contributed by atoms with Crippen molar-refractivity contribution in [2.75, 3.05) is 19.6 Å². The van der Waals surface area contributed by atoms with Gasteiger partial charge in [-0.05, 0) is 37.8 Å². The molecule has 16 heavy (non-hydrogen) atoms. The molecule has 0 aromatic heterocycles. The maximum absolute atomic E-state index is 4.60. The van der Waals surface area contributed by atoms with E-state index < -0.39 is 0 Å². The standard InChI is InChI=1S/C13H25N3/c1-10(2)9-16-13(11(3)8-15-16)12-4-6-14-7-5-12/h8,10-14H,4-7,9H2,1-3H3. The molecule has 0 amide bonds. The zero-order chi connectivity index (χ0) is 11.5. The minimum atomic E-state index is 0.627.